The van der Waals surface area contributed by atoms with Gasteiger partial charge in [-0.25, -0.2) is 0 Å². The predicted molar refractivity (Wildman–Crippen MR) is 97.0 cm³/mol. The van der Waals surface area contributed by atoms with E-state index in [9.17, 15) is 10.1 Å². The summed E-state index contributed by atoms with van der Waals surface area (Å²) in [6, 6.07) is 5.06. The van der Waals surface area contributed by atoms with Crippen LogP contribution in [0.1, 0.15) is 6.42 Å². The van der Waals surface area contributed by atoms with Crippen molar-refractivity contribution in [2.45, 2.75) is 30.8 Å². The highest BCUT2D eigenvalue weighted by Crippen LogP contribution is 2.29. The molecular weight excluding hydrogens is 411 g/mol. The monoisotopic (exact) mass is 428 g/mol. The summed E-state index contributed by atoms with van der Waals surface area (Å²) >= 11 is 11.9. The molecule has 26 heavy (non-hydrogen) atoms. The lowest BCUT2D eigenvalue weighted by Gasteiger charge is -2.17. The van der Waals surface area contributed by atoms with Gasteiger partial charge in [-0.3, -0.25) is 0 Å². The third-order valence-electron chi connectivity index (χ3n) is 4.11. The molecule has 1 aromatic carbocycles. The number of hydrogen-bond donors (Lipinski definition) is 1. The molecule has 2 aliphatic rings. The molecule has 2 saturated heterocycles. The van der Waals surface area contributed by atoms with Crippen LogP contribution in [0.4, 0.5) is 0 Å². The van der Waals surface area contributed by atoms with E-state index in [0.29, 0.717) is 35.6 Å². The van der Waals surface area contributed by atoms with Gasteiger partial charge in [0.05, 0.1) is 30.9 Å². The van der Waals surface area contributed by atoms with Crippen LogP contribution in [0.3, 0.4) is 0 Å². The van der Waals surface area contributed by atoms with Crippen LogP contribution in [0, 0.1) is 10.1 Å². The summed E-state index contributed by atoms with van der Waals surface area (Å²) in [7, 11) is 0. The number of halogens is 3. The zero-order valence-corrected chi connectivity index (χ0v) is 16.0. The molecule has 2 aliphatic heterocycles. The maximum Gasteiger partial charge on any atom is 0.294 e. The second kappa shape index (κ2) is 9.77. The molecule has 0 saturated carbocycles. The van der Waals surface area contributed by atoms with E-state index in [1.807, 2.05) is 0 Å². The molecule has 0 aliphatic carbocycles. The van der Waals surface area contributed by atoms with E-state index in [2.05, 4.69) is 10.2 Å². The molecule has 146 valence electrons. The Kier molecular flexibility index (Phi) is 8.00. The minimum atomic E-state index is -0.806. The van der Waals surface area contributed by atoms with Crippen LogP contribution in [0.2, 0.25) is 10.0 Å². The van der Waals surface area contributed by atoms with Gasteiger partial charge in [0.2, 0.25) is 0 Å². The van der Waals surface area contributed by atoms with Gasteiger partial charge in [0.25, 0.3) is 5.09 Å². The predicted octanol–water partition coefficient (Wildman–Crippen LogP) is 2.52. The highest BCUT2D eigenvalue weighted by atomic mass is 35.5. The second-order valence-electron chi connectivity index (χ2n) is 5.80. The topological polar surface area (TPSA) is 92.1 Å². The molecule has 4 atom stereocenters. The normalized spacial score (nSPS) is 26.8. The van der Waals surface area contributed by atoms with Gasteiger partial charge in [-0.15, -0.1) is 22.5 Å². The zero-order valence-electron chi connectivity index (χ0n) is 13.6. The highest BCUT2D eigenvalue weighted by Gasteiger charge is 2.49. The lowest BCUT2D eigenvalue weighted by atomic mass is 10.1. The number of ether oxygens (including phenoxy) is 3. The lowest BCUT2D eigenvalue weighted by molar-refractivity contribution is -0.769. The number of nitrogens with zero attached hydrogens (tertiary/aromatic N) is 1. The van der Waals surface area contributed by atoms with E-state index in [1.54, 1.807) is 18.2 Å². The van der Waals surface area contributed by atoms with E-state index in [4.69, 9.17) is 37.4 Å². The lowest BCUT2D eigenvalue weighted by Crippen LogP contribution is -2.42. The summed E-state index contributed by atoms with van der Waals surface area (Å²) in [5.74, 6) is 0.592. The molecule has 0 unspecified atom stereocenters. The Morgan fingerprint density at radius 3 is 2.77 bits per heavy atom. The van der Waals surface area contributed by atoms with Crippen molar-refractivity contribution >= 4 is 35.6 Å². The maximum atomic E-state index is 10.5. The summed E-state index contributed by atoms with van der Waals surface area (Å²) in [5, 5.41) is 14.0. The highest BCUT2D eigenvalue weighted by molar-refractivity contribution is 6.35. The summed E-state index contributed by atoms with van der Waals surface area (Å²) < 4.78 is 16.8. The Bertz CT molecular complexity index is 623. The Labute approximate surface area is 166 Å². The van der Waals surface area contributed by atoms with Gasteiger partial charge >= 0.3 is 0 Å². The van der Waals surface area contributed by atoms with Crippen LogP contribution in [-0.4, -0.2) is 55.8 Å². The first kappa shape index (κ1) is 21.3. The Balaban J connectivity index is 0.00000243. The minimum Gasteiger partial charge on any atom is -0.492 e. The number of fused-ring (bicyclic) bond motifs is 1. The fourth-order valence-electron chi connectivity index (χ4n) is 2.97. The van der Waals surface area contributed by atoms with Crippen LogP contribution in [0.25, 0.3) is 0 Å². The van der Waals surface area contributed by atoms with Crippen molar-refractivity contribution in [2.75, 3.05) is 26.4 Å². The summed E-state index contributed by atoms with van der Waals surface area (Å²) in [4.78, 5) is 15.0. The molecule has 1 aromatic rings. The van der Waals surface area contributed by atoms with E-state index in [0.717, 1.165) is 6.42 Å². The number of benzene rings is 1. The van der Waals surface area contributed by atoms with Gasteiger partial charge in [0.15, 0.2) is 6.10 Å². The number of rotatable bonds is 8. The van der Waals surface area contributed by atoms with Crippen LogP contribution in [-0.2, 0) is 14.3 Å². The molecule has 0 amide bonds. The first-order valence-corrected chi connectivity index (χ1v) is 8.66. The Morgan fingerprint density at radius 2 is 2.04 bits per heavy atom. The molecule has 1 N–H and O–H groups in total. The van der Waals surface area contributed by atoms with Crippen LogP contribution in [0.5, 0.6) is 5.75 Å². The maximum absolute atomic E-state index is 10.5. The van der Waals surface area contributed by atoms with Gasteiger partial charge in [0, 0.05) is 5.02 Å². The van der Waals surface area contributed by atoms with Gasteiger partial charge in [0.1, 0.15) is 18.0 Å². The Morgan fingerprint density at radius 1 is 1.27 bits per heavy atom. The smallest absolute Gasteiger partial charge is 0.294 e. The number of hydrogen-bond acceptors (Lipinski definition) is 7. The largest absolute Gasteiger partial charge is 0.492 e. The first-order chi connectivity index (χ1) is 12.0. The van der Waals surface area contributed by atoms with Crippen LogP contribution in [0.15, 0.2) is 18.2 Å². The molecule has 2 heterocycles. The molecule has 11 heteroatoms. The van der Waals surface area contributed by atoms with E-state index in [-0.39, 0.29) is 31.2 Å². The molecule has 2 fully saturated rings. The molecule has 3 rings (SSSR count). The first-order valence-electron chi connectivity index (χ1n) is 7.90. The van der Waals surface area contributed by atoms with E-state index in [1.165, 1.54) is 0 Å². The van der Waals surface area contributed by atoms with Crippen molar-refractivity contribution in [1.29, 1.82) is 0 Å². The fourth-order valence-corrected chi connectivity index (χ4v) is 3.44. The van der Waals surface area contributed by atoms with E-state index >= 15 is 0 Å². The minimum absolute atomic E-state index is 0. The zero-order chi connectivity index (χ0) is 17.8. The molecule has 0 aromatic heterocycles. The fraction of sp³-hybridized carbons (Fsp3) is 0.600. The summed E-state index contributed by atoms with van der Waals surface area (Å²) in [6.45, 7) is 1.76. The van der Waals surface area contributed by atoms with Crippen molar-refractivity contribution in [3.63, 3.8) is 0 Å². The van der Waals surface area contributed by atoms with Crippen LogP contribution >= 0.6 is 35.6 Å². The average Bonchev–Trinajstić information content (AvgIpc) is 3.12. The third-order valence-corrected chi connectivity index (χ3v) is 4.64. The summed E-state index contributed by atoms with van der Waals surface area (Å²) in [6.07, 6.45) is -0.562. The van der Waals surface area contributed by atoms with Gasteiger partial charge in [-0.1, -0.05) is 23.2 Å². The van der Waals surface area contributed by atoms with Gasteiger partial charge in [-0.05, 0) is 31.2 Å². The van der Waals surface area contributed by atoms with Crippen molar-refractivity contribution in [3.05, 3.63) is 38.4 Å². The second-order valence-corrected chi connectivity index (χ2v) is 6.64. The molecule has 0 spiro atoms. The Hall–Kier alpha value is -1.03. The van der Waals surface area contributed by atoms with Crippen LogP contribution < -0.4 is 10.1 Å². The third kappa shape index (κ3) is 5.25. The average molecular weight is 430 g/mol. The van der Waals surface area contributed by atoms with Crippen molar-refractivity contribution < 1.29 is 24.1 Å². The van der Waals surface area contributed by atoms with E-state index < -0.39 is 17.3 Å². The molecular formula is C15H19Cl3N2O6. The van der Waals surface area contributed by atoms with Crippen molar-refractivity contribution in [3.8, 4) is 5.75 Å². The van der Waals surface area contributed by atoms with Gasteiger partial charge in [-0.2, -0.15) is 0 Å². The SMILES string of the molecule is Cl.O=[N+]([O-])O[C@H]1CO[C@H]2[C@@H]1OC[C@@H]2NCCCOc1ccc(Cl)cc1Cl. The van der Waals surface area contributed by atoms with Crippen molar-refractivity contribution in [1.82, 2.24) is 5.32 Å². The molecule has 0 bridgehead atoms. The molecule has 8 nitrogen and oxygen atoms in total. The number of nitrogens with one attached hydrogen (secondary N) is 1. The quantitative estimate of drug-likeness (QED) is 0.385. The van der Waals surface area contributed by atoms with Crippen molar-refractivity contribution in [2.24, 2.45) is 0 Å². The van der Waals surface area contributed by atoms with Gasteiger partial charge < -0.3 is 24.4 Å². The standard InChI is InChI=1S/C15H18Cl2N2O6.ClH/c16-9-2-3-12(10(17)6-9)22-5-1-4-18-11-7-23-15-13(25-19(20)21)8-24-14(11)15;/h2-3,6,11,13-15,18H,1,4-5,7-8H2;1H/t11-,13-,14+,15+;/m0./s1. The summed E-state index contributed by atoms with van der Waals surface area (Å²) in [5.41, 5.74) is 0. The molecule has 0 radical (unpaired) electrons.